The summed E-state index contributed by atoms with van der Waals surface area (Å²) in [6.45, 7) is 5.94. The summed E-state index contributed by atoms with van der Waals surface area (Å²) >= 11 is 9.38. The molecule has 0 bridgehead atoms. The Morgan fingerprint density at radius 2 is 1.82 bits per heavy atom. The topological polar surface area (TPSA) is 84.9 Å². The van der Waals surface area contributed by atoms with E-state index >= 15 is 0 Å². The van der Waals surface area contributed by atoms with Gasteiger partial charge in [0, 0.05) is 15.1 Å². The first kappa shape index (κ1) is 27.2. The lowest BCUT2D eigenvalue weighted by Crippen LogP contribution is -2.54. The fourth-order valence-electron chi connectivity index (χ4n) is 3.95. The van der Waals surface area contributed by atoms with Gasteiger partial charge in [-0.1, -0.05) is 45.7 Å². The van der Waals surface area contributed by atoms with Gasteiger partial charge in [0.1, 0.15) is 12.2 Å². The molecule has 4 amide bonds. The highest BCUT2D eigenvalue weighted by atomic mass is 79.9. The van der Waals surface area contributed by atoms with E-state index in [1.165, 1.54) is 13.2 Å². The summed E-state index contributed by atoms with van der Waals surface area (Å²) in [7, 11) is 1.51. The number of aryl methyl sites for hydroxylation is 1. The molecule has 0 radical (unpaired) electrons. The van der Waals surface area contributed by atoms with E-state index in [0.717, 1.165) is 26.1 Å². The van der Waals surface area contributed by atoms with E-state index in [2.05, 4.69) is 27.8 Å². The van der Waals surface area contributed by atoms with E-state index in [1.807, 2.05) is 19.1 Å². The van der Waals surface area contributed by atoms with E-state index in [1.54, 1.807) is 48.5 Å². The van der Waals surface area contributed by atoms with Crippen molar-refractivity contribution in [2.45, 2.75) is 20.0 Å². The lowest BCUT2D eigenvalue weighted by atomic mass is 10.0. The molecule has 194 valence electrons. The molecule has 0 spiro atoms. The molecule has 1 N–H and O–H groups in total. The molecule has 1 fully saturated rings. The van der Waals surface area contributed by atoms with Crippen molar-refractivity contribution in [2.24, 2.45) is 0 Å². The van der Waals surface area contributed by atoms with Crippen molar-refractivity contribution in [1.29, 1.82) is 0 Å². The molecule has 0 atom stereocenters. The van der Waals surface area contributed by atoms with Crippen LogP contribution in [0.3, 0.4) is 0 Å². The summed E-state index contributed by atoms with van der Waals surface area (Å²) in [5.41, 5.74) is 3.19. The van der Waals surface area contributed by atoms with Gasteiger partial charge in [-0.3, -0.25) is 14.9 Å². The average Bonchev–Trinajstić information content (AvgIpc) is 2.88. The second-order valence-electron chi connectivity index (χ2n) is 8.51. The zero-order valence-corrected chi connectivity index (χ0v) is 23.1. The largest absolute Gasteiger partial charge is 0.493 e. The average molecular weight is 596 g/mol. The summed E-state index contributed by atoms with van der Waals surface area (Å²) < 4.78 is 12.5. The van der Waals surface area contributed by atoms with Gasteiger partial charge in [0.2, 0.25) is 0 Å². The number of halogens is 2. The number of anilines is 1. The SMILES string of the molecule is C=CCc1cc(/C=C2\C(=O)NC(=O)N(c3ccc(Br)c(C)c3)C2=O)cc(OC)c1OCc1ccc(Cl)cc1. The van der Waals surface area contributed by atoms with E-state index in [4.69, 9.17) is 21.1 Å². The number of methoxy groups -OCH3 is 1. The number of carbonyl (C=O) groups is 3. The van der Waals surface area contributed by atoms with Crippen molar-refractivity contribution in [2.75, 3.05) is 12.0 Å². The number of barbiturate groups is 1. The first-order valence-corrected chi connectivity index (χ1v) is 12.8. The third-order valence-corrected chi connectivity index (χ3v) is 6.99. The van der Waals surface area contributed by atoms with Gasteiger partial charge in [0.05, 0.1) is 12.8 Å². The molecule has 1 aliphatic rings. The maximum Gasteiger partial charge on any atom is 0.335 e. The standard InChI is InChI=1S/C29H24BrClN2O5/c1-4-5-20-13-19(15-25(37-3)26(20)38-16-18-6-8-21(31)9-7-18)14-23-27(34)32-29(36)33(28(23)35)22-10-11-24(30)17(2)12-22/h4,6-15H,1,5,16H2,2-3H3,(H,32,34,36)/b23-14+. The zero-order valence-electron chi connectivity index (χ0n) is 20.7. The van der Waals surface area contributed by atoms with Gasteiger partial charge in [-0.2, -0.15) is 0 Å². The highest BCUT2D eigenvalue weighted by molar-refractivity contribution is 9.10. The number of urea groups is 1. The van der Waals surface area contributed by atoms with Crippen LogP contribution in [0.2, 0.25) is 5.02 Å². The molecule has 3 aromatic rings. The zero-order chi connectivity index (χ0) is 27.4. The Hall–Kier alpha value is -3.88. The molecule has 1 saturated heterocycles. The quantitative estimate of drug-likeness (QED) is 0.185. The highest BCUT2D eigenvalue weighted by Crippen LogP contribution is 2.35. The predicted octanol–water partition coefficient (Wildman–Crippen LogP) is 6.39. The van der Waals surface area contributed by atoms with Crippen molar-refractivity contribution < 1.29 is 23.9 Å². The molecule has 0 aromatic heterocycles. The Morgan fingerprint density at radius 3 is 2.47 bits per heavy atom. The van der Waals surface area contributed by atoms with E-state index < -0.39 is 17.8 Å². The fraction of sp³-hybridized carbons (Fsp3) is 0.138. The van der Waals surface area contributed by atoms with Crippen molar-refractivity contribution in [3.63, 3.8) is 0 Å². The molecular weight excluding hydrogens is 572 g/mol. The number of benzene rings is 3. The normalized spacial score (nSPS) is 14.5. The number of imide groups is 2. The second kappa shape index (κ2) is 11.7. The number of carbonyl (C=O) groups excluding carboxylic acids is 3. The lowest BCUT2D eigenvalue weighted by molar-refractivity contribution is -0.122. The third-order valence-electron chi connectivity index (χ3n) is 5.85. The van der Waals surface area contributed by atoms with Gasteiger partial charge in [0.25, 0.3) is 11.8 Å². The Balaban J connectivity index is 1.70. The van der Waals surface area contributed by atoms with Crippen LogP contribution in [-0.4, -0.2) is 25.0 Å². The van der Waals surface area contributed by atoms with Crippen LogP contribution in [0.15, 0.2) is 77.3 Å². The minimum atomic E-state index is -0.810. The van der Waals surface area contributed by atoms with Gasteiger partial charge < -0.3 is 9.47 Å². The summed E-state index contributed by atoms with van der Waals surface area (Å²) in [5, 5.41) is 2.88. The predicted molar refractivity (Wildman–Crippen MR) is 151 cm³/mol. The Kier molecular flexibility index (Phi) is 8.34. The van der Waals surface area contributed by atoms with Crippen LogP contribution in [0, 0.1) is 6.92 Å². The molecule has 1 heterocycles. The number of amides is 4. The molecule has 7 nitrogen and oxygen atoms in total. The van der Waals surface area contributed by atoms with Crippen LogP contribution in [0.5, 0.6) is 11.5 Å². The summed E-state index contributed by atoms with van der Waals surface area (Å²) in [6, 6.07) is 15.0. The molecule has 0 saturated carbocycles. The van der Waals surface area contributed by atoms with Crippen LogP contribution in [0.1, 0.15) is 22.3 Å². The summed E-state index contributed by atoms with van der Waals surface area (Å²) in [6.07, 6.45) is 3.60. The maximum atomic E-state index is 13.3. The van der Waals surface area contributed by atoms with Gasteiger partial charge in [0.15, 0.2) is 11.5 Å². The van der Waals surface area contributed by atoms with Crippen molar-refractivity contribution in [3.8, 4) is 11.5 Å². The molecule has 9 heteroatoms. The summed E-state index contributed by atoms with van der Waals surface area (Å²) in [5.74, 6) is -0.568. The monoisotopic (exact) mass is 594 g/mol. The number of hydrogen-bond donors (Lipinski definition) is 1. The third kappa shape index (κ3) is 5.82. The van der Waals surface area contributed by atoms with Gasteiger partial charge in [-0.25, -0.2) is 9.69 Å². The Labute approximate surface area is 233 Å². The van der Waals surface area contributed by atoms with Gasteiger partial charge in [-0.15, -0.1) is 6.58 Å². The molecule has 0 aliphatic carbocycles. The Bertz CT molecular complexity index is 1470. The molecule has 0 unspecified atom stereocenters. The Morgan fingerprint density at radius 1 is 1.08 bits per heavy atom. The van der Waals surface area contributed by atoms with E-state index in [-0.39, 0.29) is 12.2 Å². The van der Waals surface area contributed by atoms with Crippen LogP contribution >= 0.6 is 27.5 Å². The van der Waals surface area contributed by atoms with Crippen molar-refractivity contribution in [1.82, 2.24) is 5.32 Å². The minimum absolute atomic E-state index is 0.188. The van der Waals surface area contributed by atoms with Crippen LogP contribution in [-0.2, 0) is 22.6 Å². The molecule has 1 aliphatic heterocycles. The fourth-order valence-corrected chi connectivity index (χ4v) is 4.32. The maximum absolute atomic E-state index is 13.3. The van der Waals surface area contributed by atoms with Crippen LogP contribution < -0.4 is 19.7 Å². The molecule has 3 aromatic carbocycles. The first-order chi connectivity index (χ1) is 18.2. The highest BCUT2D eigenvalue weighted by Gasteiger charge is 2.37. The molecule has 4 rings (SSSR count). The number of nitrogens with zero attached hydrogens (tertiary/aromatic N) is 1. The van der Waals surface area contributed by atoms with E-state index in [0.29, 0.717) is 34.2 Å². The van der Waals surface area contributed by atoms with Crippen LogP contribution in [0.4, 0.5) is 10.5 Å². The molecule has 38 heavy (non-hydrogen) atoms. The van der Waals surface area contributed by atoms with Gasteiger partial charge in [-0.05, 0) is 78.6 Å². The van der Waals surface area contributed by atoms with E-state index in [9.17, 15) is 14.4 Å². The van der Waals surface area contributed by atoms with Crippen LogP contribution in [0.25, 0.3) is 6.08 Å². The first-order valence-electron chi connectivity index (χ1n) is 11.6. The number of ether oxygens (including phenoxy) is 2. The molecular formula is C29H24BrClN2O5. The lowest BCUT2D eigenvalue weighted by Gasteiger charge is -2.27. The number of rotatable bonds is 8. The number of nitrogens with one attached hydrogen (secondary N) is 1. The minimum Gasteiger partial charge on any atom is -0.493 e. The van der Waals surface area contributed by atoms with Crippen molar-refractivity contribution >= 4 is 57.1 Å². The second-order valence-corrected chi connectivity index (χ2v) is 9.80. The van der Waals surface area contributed by atoms with Crippen molar-refractivity contribution in [3.05, 3.63) is 105 Å². The number of allylic oxidation sites excluding steroid dienone is 1. The summed E-state index contributed by atoms with van der Waals surface area (Å²) in [4.78, 5) is 39.6. The number of hydrogen-bond acceptors (Lipinski definition) is 5. The van der Waals surface area contributed by atoms with Gasteiger partial charge >= 0.3 is 6.03 Å². The smallest absolute Gasteiger partial charge is 0.335 e.